The Balaban J connectivity index is 1.55. The summed E-state index contributed by atoms with van der Waals surface area (Å²) in [5, 5.41) is 4.80. The van der Waals surface area contributed by atoms with E-state index in [2.05, 4.69) is 17.4 Å². The van der Waals surface area contributed by atoms with Crippen LogP contribution in [0.5, 0.6) is 5.75 Å². The summed E-state index contributed by atoms with van der Waals surface area (Å²) >= 11 is 1.88. The van der Waals surface area contributed by atoms with Crippen molar-refractivity contribution in [1.82, 2.24) is 5.32 Å². The summed E-state index contributed by atoms with van der Waals surface area (Å²) in [4.78, 5) is 4.88. The lowest BCUT2D eigenvalue weighted by atomic mass is 10.0. The third-order valence-electron chi connectivity index (χ3n) is 4.37. The second kappa shape index (κ2) is 4.44. The first-order valence-electron chi connectivity index (χ1n) is 7.05. The van der Waals surface area contributed by atoms with E-state index >= 15 is 0 Å². The maximum Gasteiger partial charge on any atom is 0.157 e. The second-order valence-electron chi connectivity index (χ2n) is 5.70. The zero-order valence-corrected chi connectivity index (χ0v) is 11.7. The monoisotopic (exact) mass is 274 g/mol. The van der Waals surface area contributed by atoms with Crippen molar-refractivity contribution in [1.29, 1.82) is 0 Å². The number of nitrogens with one attached hydrogen (secondary N) is 1. The summed E-state index contributed by atoms with van der Waals surface area (Å²) in [6.07, 6.45) is 5.32. The topological polar surface area (TPSA) is 33.6 Å². The van der Waals surface area contributed by atoms with E-state index in [4.69, 9.17) is 9.73 Å². The van der Waals surface area contributed by atoms with Crippen LogP contribution in [0.3, 0.4) is 0 Å². The molecule has 1 aromatic carbocycles. The molecule has 2 heterocycles. The van der Waals surface area contributed by atoms with Gasteiger partial charge in [0.1, 0.15) is 18.4 Å². The zero-order valence-electron chi connectivity index (χ0n) is 10.9. The van der Waals surface area contributed by atoms with Crippen LogP contribution < -0.4 is 10.1 Å². The molecule has 1 saturated heterocycles. The van der Waals surface area contributed by atoms with Crippen LogP contribution in [0, 0.1) is 0 Å². The number of fused-ring (bicyclic) bond motifs is 1. The quantitative estimate of drug-likeness (QED) is 0.854. The molecule has 0 bridgehead atoms. The lowest BCUT2D eigenvalue weighted by Gasteiger charge is -2.21. The Hall–Kier alpha value is -1.16. The molecule has 1 aromatic rings. The number of benzene rings is 1. The maximum absolute atomic E-state index is 5.69. The molecule has 1 spiro atoms. The van der Waals surface area contributed by atoms with Gasteiger partial charge in [-0.3, -0.25) is 4.99 Å². The molecule has 2 aliphatic heterocycles. The molecule has 1 atom stereocenters. The van der Waals surface area contributed by atoms with Crippen LogP contribution in [0.25, 0.3) is 0 Å². The summed E-state index contributed by atoms with van der Waals surface area (Å²) in [6.45, 7) is 0.679. The minimum Gasteiger partial charge on any atom is -0.491 e. The minimum atomic E-state index is 0.169. The highest BCUT2D eigenvalue weighted by Gasteiger charge is 2.40. The van der Waals surface area contributed by atoms with Crippen LogP contribution in [0.4, 0.5) is 0 Å². The van der Waals surface area contributed by atoms with Crippen molar-refractivity contribution in [2.45, 2.75) is 37.3 Å². The van der Waals surface area contributed by atoms with Gasteiger partial charge in [-0.2, -0.15) is 0 Å². The summed E-state index contributed by atoms with van der Waals surface area (Å²) in [5.74, 6) is 2.18. The van der Waals surface area contributed by atoms with Crippen molar-refractivity contribution >= 4 is 16.9 Å². The lowest BCUT2D eigenvalue weighted by Crippen LogP contribution is -2.40. The Labute approximate surface area is 117 Å². The Kier molecular flexibility index (Phi) is 2.72. The smallest absolute Gasteiger partial charge is 0.157 e. The van der Waals surface area contributed by atoms with E-state index in [1.54, 1.807) is 0 Å². The molecule has 2 fully saturated rings. The largest absolute Gasteiger partial charge is 0.491 e. The normalized spacial score (nSPS) is 29.5. The van der Waals surface area contributed by atoms with Crippen molar-refractivity contribution in [3.63, 3.8) is 0 Å². The van der Waals surface area contributed by atoms with Gasteiger partial charge in [0.25, 0.3) is 0 Å². The molecule has 3 nitrogen and oxygen atoms in total. The molecule has 100 valence electrons. The molecule has 0 aromatic heterocycles. The molecule has 1 unspecified atom stereocenters. The number of aliphatic imine (C=N–C) groups is 1. The average molecular weight is 274 g/mol. The summed E-state index contributed by atoms with van der Waals surface area (Å²) in [7, 11) is 0. The third kappa shape index (κ3) is 2.02. The fourth-order valence-electron chi connectivity index (χ4n) is 3.29. The van der Waals surface area contributed by atoms with Gasteiger partial charge in [0, 0.05) is 16.9 Å². The van der Waals surface area contributed by atoms with Gasteiger partial charge in [-0.25, -0.2) is 0 Å². The fraction of sp³-hybridized carbons (Fsp3) is 0.533. The standard InChI is InChI=1S/C15H18N2OS/c1-2-6-13-11(5-1)12(9-18-13)16-14-17-15(10-19-14)7-3-4-8-15/h1-2,5-6,12H,3-4,7-10H2,(H,16,17). The van der Waals surface area contributed by atoms with Gasteiger partial charge >= 0.3 is 0 Å². The Morgan fingerprint density at radius 2 is 2.11 bits per heavy atom. The molecule has 0 radical (unpaired) electrons. The number of rotatable bonds is 1. The van der Waals surface area contributed by atoms with E-state index in [9.17, 15) is 0 Å². The van der Waals surface area contributed by atoms with Gasteiger partial charge in [-0.15, -0.1) is 0 Å². The maximum atomic E-state index is 5.69. The summed E-state index contributed by atoms with van der Waals surface area (Å²) in [5.41, 5.74) is 1.58. The van der Waals surface area contributed by atoms with E-state index in [-0.39, 0.29) is 6.04 Å². The predicted octanol–water partition coefficient (Wildman–Crippen LogP) is 3.13. The first kappa shape index (κ1) is 11.6. The van der Waals surface area contributed by atoms with Gasteiger partial charge in [-0.05, 0) is 18.9 Å². The molecule has 4 rings (SSSR count). The van der Waals surface area contributed by atoms with Crippen LogP contribution in [0.15, 0.2) is 29.3 Å². The molecule has 0 amide bonds. The van der Waals surface area contributed by atoms with Crippen molar-refractivity contribution in [3.05, 3.63) is 29.8 Å². The van der Waals surface area contributed by atoms with Crippen LogP contribution in [0.1, 0.15) is 37.3 Å². The highest BCUT2D eigenvalue weighted by molar-refractivity contribution is 8.14. The minimum absolute atomic E-state index is 0.169. The van der Waals surface area contributed by atoms with Gasteiger partial charge in [-0.1, -0.05) is 42.8 Å². The molecule has 3 aliphatic rings. The van der Waals surface area contributed by atoms with Crippen molar-refractivity contribution < 1.29 is 4.74 Å². The lowest BCUT2D eigenvalue weighted by molar-refractivity contribution is 0.333. The molecule has 1 saturated carbocycles. The van der Waals surface area contributed by atoms with E-state index in [1.165, 1.54) is 37.0 Å². The van der Waals surface area contributed by atoms with Gasteiger partial charge in [0.15, 0.2) is 5.17 Å². The second-order valence-corrected chi connectivity index (χ2v) is 6.66. The molecular formula is C15H18N2OS. The fourth-order valence-corrected chi connectivity index (χ4v) is 4.55. The number of nitrogens with zero attached hydrogens (tertiary/aromatic N) is 1. The number of ether oxygens (including phenoxy) is 1. The van der Waals surface area contributed by atoms with Crippen LogP contribution in [0.2, 0.25) is 0 Å². The average Bonchev–Trinajstić information content (AvgIpc) is 3.14. The number of hydrogen-bond acceptors (Lipinski definition) is 3. The van der Waals surface area contributed by atoms with Crippen LogP contribution in [-0.4, -0.2) is 23.1 Å². The highest BCUT2D eigenvalue weighted by Crippen LogP contribution is 2.39. The van der Waals surface area contributed by atoms with Crippen molar-refractivity contribution in [2.24, 2.45) is 4.99 Å². The molecule has 4 heteroatoms. The highest BCUT2D eigenvalue weighted by atomic mass is 32.2. The number of hydrogen-bond donors (Lipinski definition) is 1. The molecular weight excluding hydrogens is 256 g/mol. The zero-order chi connectivity index (χ0) is 12.7. The Bertz CT molecular complexity index is 523. The first-order chi connectivity index (χ1) is 9.35. The number of para-hydroxylation sites is 1. The molecule has 19 heavy (non-hydrogen) atoms. The predicted molar refractivity (Wildman–Crippen MR) is 78.9 cm³/mol. The Morgan fingerprint density at radius 1 is 1.26 bits per heavy atom. The van der Waals surface area contributed by atoms with Gasteiger partial charge < -0.3 is 10.1 Å². The van der Waals surface area contributed by atoms with Crippen molar-refractivity contribution in [2.75, 3.05) is 12.4 Å². The van der Waals surface area contributed by atoms with Crippen LogP contribution >= 0.6 is 11.8 Å². The number of thioether (sulfide) groups is 1. The number of amidine groups is 1. The molecule has 1 aliphatic carbocycles. The Morgan fingerprint density at radius 3 is 3.00 bits per heavy atom. The molecule has 1 N–H and O–H groups in total. The van der Waals surface area contributed by atoms with Gasteiger partial charge in [0.05, 0.1) is 0 Å². The van der Waals surface area contributed by atoms with Crippen molar-refractivity contribution in [3.8, 4) is 5.75 Å². The first-order valence-corrected chi connectivity index (χ1v) is 8.04. The van der Waals surface area contributed by atoms with E-state index < -0.39 is 0 Å². The SMILES string of the molecule is c1ccc2c(c1)OCC2N=C1NC2(CCCC2)CS1. The third-order valence-corrected chi connectivity index (χ3v) is 5.54. The summed E-state index contributed by atoms with van der Waals surface area (Å²) in [6, 6.07) is 8.41. The van der Waals surface area contributed by atoms with Gasteiger partial charge in [0.2, 0.25) is 0 Å². The van der Waals surface area contributed by atoms with E-state index in [0.29, 0.717) is 12.1 Å². The van der Waals surface area contributed by atoms with E-state index in [1.807, 2.05) is 23.9 Å². The van der Waals surface area contributed by atoms with E-state index in [0.717, 1.165) is 10.9 Å². The van der Waals surface area contributed by atoms with Crippen LogP contribution in [-0.2, 0) is 0 Å². The summed E-state index contributed by atoms with van der Waals surface area (Å²) < 4.78 is 5.69.